The van der Waals surface area contributed by atoms with Crippen LogP contribution in [0.1, 0.15) is 0 Å². The molecule has 0 bridgehead atoms. The first-order chi connectivity index (χ1) is 27.3. The minimum atomic E-state index is 1.14. The first-order valence-corrected chi connectivity index (χ1v) is 19.0. The van der Waals surface area contributed by atoms with Gasteiger partial charge in [-0.2, -0.15) is 0 Å². The molecule has 1 aliphatic carbocycles. The van der Waals surface area contributed by atoms with Crippen molar-refractivity contribution in [3.05, 3.63) is 194 Å². The predicted molar refractivity (Wildman–Crippen MR) is 232 cm³/mol. The van der Waals surface area contributed by atoms with Crippen LogP contribution in [0.4, 0.5) is 0 Å². The van der Waals surface area contributed by atoms with Gasteiger partial charge >= 0.3 is 0 Å². The fraction of sp³-hybridized carbons (Fsp3) is 0. The summed E-state index contributed by atoms with van der Waals surface area (Å²) in [5.74, 6) is 0. The highest BCUT2D eigenvalue weighted by Crippen LogP contribution is 2.58. The van der Waals surface area contributed by atoms with Crippen LogP contribution in [0, 0.1) is 0 Å². The molecular weight excluding hydrogens is 665 g/mol. The number of hydrogen-bond acceptors (Lipinski definition) is 1. The number of hydrogen-bond donors (Lipinski definition) is 0. The van der Waals surface area contributed by atoms with E-state index in [1.54, 1.807) is 0 Å². The Morgan fingerprint density at radius 1 is 0.345 bits per heavy atom. The highest BCUT2D eigenvalue weighted by Gasteiger charge is 2.31. The molecule has 0 saturated carbocycles. The van der Waals surface area contributed by atoms with Crippen molar-refractivity contribution in [3.63, 3.8) is 0 Å². The van der Waals surface area contributed by atoms with Gasteiger partial charge in [0.05, 0.1) is 11.0 Å². The average molecular weight is 697 g/mol. The van der Waals surface area contributed by atoms with Crippen LogP contribution in [-0.2, 0) is 0 Å². The van der Waals surface area contributed by atoms with E-state index < -0.39 is 0 Å². The van der Waals surface area contributed by atoms with Gasteiger partial charge in [-0.05, 0) is 119 Å². The second kappa shape index (κ2) is 11.6. The maximum Gasteiger partial charge on any atom is 0.0548 e. The molecule has 254 valence electrons. The third kappa shape index (κ3) is 4.34. The van der Waals surface area contributed by atoms with E-state index in [2.05, 4.69) is 192 Å². The Hall–Kier alpha value is -7.29. The summed E-state index contributed by atoms with van der Waals surface area (Å²) in [6.45, 7) is 0. The molecule has 0 spiro atoms. The molecule has 0 N–H and O–H groups in total. The Balaban J connectivity index is 1.08. The smallest absolute Gasteiger partial charge is 0.0548 e. The maximum absolute atomic E-state index is 4.42. The van der Waals surface area contributed by atoms with E-state index in [9.17, 15) is 0 Å². The van der Waals surface area contributed by atoms with Gasteiger partial charge in [0, 0.05) is 34.2 Å². The molecule has 9 aromatic carbocycles. The number of pyridine rings is 1. The molecule has 0 aliphatic heterocycles. The van der Waals surface area contributed by atoms with Crippen molar-refractivity contribution in [1.82, 2.24) is 9.55 Å². The molecule has 1 aliphatic rings. The van der Waals surface area contributed by atoms with E-state index in [1.165, 1.54) is 104 Å². The third-order valence-electron chi connectivity index (χ3n) is 11.8. The number of rotatable bonds is 4. The highest BCUT2D eigenvalue weighted by molar-refractivity contribution is 6.28. The van der Waals surface area contributed by atoms with Crippen LogP contribution in [0.2, 0.25) is 0 Å². The molecule has 0 fully saturated rings. The molecule has 2 heteroatoms. The van der Waals surface area contributed by atoms with Crippen LogP contribution in [0.15, 0.2) is 194 Å². The number of para-hydroxylation sites is 1. The monoisotopic (exact) mass is 696 g/mol. The predicted octanol–water partition coefficient (Wildman–Crippen LogP) is 14.3. The van der Waals surface area contributed by atoms with Gasteiger partial charge in [0.25, 0.3) is 0 Å². The Kier molecular flexibility index (Phi) is 6.37. The topological polar surface area (TPSA) is 17.8 Å². The van der Waals surface area contributed by atoms with Crippen molar-refractivity contribution < 1.29 is 0 Å². The molecule has 55 heavy (non-hydrogen) atoms. The first-order valence-electron chi connectivity index (χ1n) is 19.0. The van der Waals surface area contributed by atoms with Crippen molar-refractivity contribution in [2.75, 3.05) is 0 Å². The van der Waals surface area contributed by atoms with Crippen LogP contribution in [-0.4, -0.2) is 9.55 Å². The third-order valence-corrected chi connectivity index (χ3v) is 11.8. The Labute approximate surface area is 318 Å². The number of aromatic nitrogens is 2. The summed E-state index contributed by atoms with van der Waals surface area (Å²) < 4.78 is 2.39. The first kappa shape index (κ1) is 30.2. The van der Waals surface area contributed by atoms with Crippen molar-refractivity contribution in [1.29, 1.82) is 0 Å². The summed E-state index contributed by atoms with van der Waals surface area (Å²) >= 11 is 0. The summed E-state index contributed by atoms with van der Waals surface area (Å²) in [6.07, 6.45) is 3.83. The van der Waals surface area contributed by atoms with Gasteiger partial charge in [0.15, 0.2) is 0 Å². The zero-order chi connectivity index (χ0) is 36.0. The lowest BCUT2D eigenvalue weighted by atomic mass is 9.82. The largest absolute Gasteiger partial charge is 0.309 e. The number of fused-ring (bicyclic) bond motifs is 8. The molecule has 0 amide bonds. The van der Waals surface area contributed by atoms with E-state index in [0.29, 0.717) is 0 Å². The number of nitrogens with zero attached hydrogens (tertiary/aromatic N) is 2. The molecule has 0 unspecified atom stereocenters. The van der Waals surface area contributed by atoms with Crippen molar-refractivity contribution >= 4 is 54.1 Å². The zero-order valence-electron chi connectivity index (χ0n) is 29.9. The molecule has 0 saturated heterocycles. The fourth-order valence-electron chi connectivity index (χ4n) is 9.48. The number of benzene rings is 9. The highest BCUT2D eigenvalue weighted by atomic mass is 15.0. The quantitative estimate of drug-likeness (QED) is 0.179. The normalized spacial score (nSPS) is 12.0. The minimum Gasteiger partial charge on any atom is -0.309 e. The fourth-order valence-corrected chi connectivity index (χ4v) is 9.48. The van der Waals surface area contributed by atoms with E-state index in [0.717, 1.165) is 11.1 Å². The van der Waals surface area contributed by atoms with Gasteiger partial charge in [-0.15, -0.1) is 0 Å². The van der Waals surface area contributed by atoms with Gasteiger partial charge < -0.3 is 4.57 Å². The van der Waals surface area contributed by atoms with Crippen LogP contribution in [0.5, 0.6) is 0 Å². The molecular formula is C53H32N2. The van der Waals surface area contributed by atoms with Crippen molar-refractivity contribution in [2.45, 2.75) is 0 Å². The summed E-state index contributed by atoms with van der Waals surface area (Å²) in [5.41, 5.74) is 16.3. The molecule has 0 radical (unpaired) electrons. The van der Waals surface area contributed by atoms with Crippen LogP contribution in [0.25, 0.3) is 115 Å². The van der Waals surface area contributed by atoms with Crippen molar-refractivity contribution in [3.8, 4) is 61.3 Å². The Morgan fingerprint density at radius 3 is 1.65 bits per heavy atom. The van der Waals surface area contributed by atoms with E-state index in [4.69, 9.17) is 0 Å². The molecule has 0 atom stereocenters. The van der Waals surface area contributed by atoms with E-state index in [1.807, 2.05) is 12.4 Å². The van der Waals surface area contributed by atoms with Crippen LogP contribution in [0.3, 0.4) is 0 Å². The van der Waals surface area contributed by atoms with Crippen molar-refractivity contribution in [2.24, 2.45) is 0 Å². The van der Waals surface area contributed by atoms with Gasteiger partial charge in [0.2, 0.25) is 0 Å². The molecule has 11 aromatic rings. The lowest BCUT2D eigenvalue weighted by Crippen LogP contribution is -1.94. The van der Waals surface area contributed by atoms with Gasteiger partial charge in [0.1, 0.15) is 0 Å². The molecule has 2 aromatic heterocycles. The summed E-state index contributed by atoms with van der Waals surface area (Å²) in [5, 5.41) is 10.0. The second-order valence-electron chi connectivity index (χ2n) is 14.7. The molecule has 12 rings (SSSR count). The standard InChI is InChI=1S/C53H32N2/c1-3-12-34(13-4-1)49-42-17-7-8-18-43(42)50(35-14-5-2-6-15-35)53-45-27-26-39(41-19-11-20-44(51(41)45)52(49)53)33-22-24-38(25-23-33)55-47-21-10-9-16-40(47)46-30-36-28-29-54-32-37(36)31-48(46)55/h1-32H. The average Bonchev–Trinajstić information content (AvgIpc) is 3.76. The lowest BCUT2D eigenvalue weighted by molar-refractivity contribution is 1.18. The summed E-state index contributed by atoms with van der Waals surface area (Å²) in [6, 6.07) is 67.0. The Morgan fingerprint density at radius 2 is 0.945 bits per heavy atom. The molecule has 2 nitrogen and oxygen atoms in total. The SMILES string of the molecule is c1ccc(-c2c3c(c(-c4ccccc4)c4ccccc24)-c2ccc(-c4ccc(-n5c6ccccc6c6cc7ccncc7cc65)cc4)c4cccc-3c24)cc1. The zero-order valence-corrected chi connectivity index (χ0v) is 29.9. The second-order valence-corrected chi connectivity index (χ2v) is 14.7. The molecule has 2 heterocycles. The van der Waals surface area contributed by atoms with Gasteiger partial charge in [-0.1, -0.05) is 146 Å². The van der Waals surface area contributed by atoms with Crippen LogP contribution >= 0.6 is 0 Å². The van der Waals surface area contributed by atoms with Crippen LogP contribution < -0.4 is 0 Å². The van der Waals surface area contributed by atoms with Gasteiger partial charge in [-0.3, -0.25) is 4.98 Å². The summed E-state index contributed by atoms with van der Waals surface area (Å²) in [7, 11) is 0. The van der Waals surface area contributed by atoms with E-state index in [-0.39, 0.29) is 0 Å². The summed E-state index contributed by atoms with van der Waals surface area (Å²) in [4.78, 5) is 4.42. The van der Waals surface area contributed by atoms with Gasteiger partial charge in [-0.25, -0.2) is 0 Å². The minimum absolute atomic E-state index is 1.14. The van der Waals surface area contributed by atoms with E-state index >= 15 is 0 Å². The lowest BCUT2D eigenvalue weighted by Gasteiger charge is -2.20. The Bertz CT molecular complexity index is 3250. The maximum atomic E-state index is 4.42.